The Morgan fingerprint density at radius 1 is 0.963 bits per heavy atom. The molecule has 0 saturated heterocycles. The number of nitrogens with one attached hydrogen (secondary N) is 1. The van der Waals surface area contributed by atoms with E-state index in [-0.39, 0.29) is 18.2 Å². The summed E-state index contributed by atoms with van der Waals surface area (Å²) in [6, 6.07) is 19.0. The van der Waals surface area contributed by atoms with Crippen molar-refractivity contribution in [1.82, 2.24) is 4.98 Å². The summed E-state index contributed by atoms with van der Waals surface area (Å²) >= 11 is 0. The normalized spacial score (nSPS) is 10.1. The number of hydrogen-bond acceptors (Lipinski definition) is 5. The highest BCUT2D eigenvalue weighted by atomic mass is 16.5. The monoisotopic (exact) mass is 362 g/mol. The number of esters is 1. The van der Waals surface area contributed by atoms with Gasteiger partial charge in [-0.2, -0.15) is 0 Å². The zero-order valence-corrected chi connectivity index (χ0v) is 14.7. The number of benzene rings is 2. The summed E-state index contributed by atoms with van der Waals surface area (Å²) in [5, 5.41) is 2.81. The third-order valence-corrected chi connectivity index (χ3v) is 3.81. The molecule has 3 rings (SSSR count). The van der Waals surface area contributed by atoms with Gasteiger partial charge in [-0.05, 0) is 54.1 Å². The highest BCUT2D eigenvalue weighted by Gasteiger charge is 2.09. The third kappa shape index (κ3) is 4.92. The minimum atomic E-state index is -0.489. The highest BCUT2D eigenvalue weighted by molar-refractivity contribution is 6.04. The van der Waals surface area contributed by atoms with Crippen LogP contribution in [0.4, 0.5) is 5.69 Å². The van der Waals surface area contributed by atoms with Gasteiger partial charge in [0.15, 0.2) is 0 Å². The van der Waals surface area contributed by atoms with Gasteiger partial charge in [0.1, 0.15) is 18.1 Å². The summed E-state index contributed by atoms with van der Waals surface area (Å²) in [7, 11) is 1.59. The van der Waals surface area contributed by atoms with Gasteiger partial charge in [0.05, 0.1) is 7.11 Å². The van der Waals surface area contributed by atoms with Gasteiger partial charge in [0, 0.05) is 17.4 Å². The first-order valence-electron chi connectivity index (χ1n) is 8.28. The predicted octanol–water partition coefficient (Wildman–Crippen LogP) is 3.70. The van der Waals surface area contributed by atoms with E-state index < -0.39 is 5.97 Å². The molecule has 0 saturated carbocycles. The number of ether oxygens (including phenoxy) is 2. The number of carbonyl (C=O) groups excluding carboxylic acids is 2. The maximum atomic E-state index is 12.3. The molecule has 0 unspecified atom stereocenters. The van der Waals surface area contributed by atoms with Gasteiger partial charge in [0.25, 0.3) is 5.91 Å². The lowest BCUT2D eigenvalue weighted by molar-refractivity contribution is 0.0465. The molecule has 0 fully saturated rings. The van der Waals surface area contributed by atoms with E-state index in [0.29, 0.717) is 11.3 Å². The Hall–Kier alpha value is -3.67. The topological polar surface area (TPSA) is 77.5 Å². The van der Waals surface area contributed by atoms with Crippen LogP contribution >= 0.6 is 0 Å². The molecule has 0 bridgehead atoms. The van der Waals surface area contributed by atoms with Crippen LogP contribution in [0.3, 0.4) is 0 Å². The molecule has 0 aliphatic carbocycles. The van der Waals surface area contributed by atoms with Crippen LogP contribution in [0.2, 0.25) is 0 Å². The van der Waals surface area contributed by atoms with Gasteiger partial charge in [-0.3, -0.25) is 4.79 Å². The SMILES string of the molecule is COc1ccc(NC(=O)c2ccc(COC(=O)c3ccccn3)cc2)cc1. The number of anilines is 1. The molecule has 1 heterocycles. The first-order valence-corrected chi connectivity index (χ1v) is 8.28. The van der Waals surface area contributed by atoms with E-state index in [1.807, 2.05) is 0 Å². The van der Waals surface area contributed by atoms with Gasteiger partial charge < -0.3 is 14.8 Å². The van der Waals surface area contributed by atoms with Crippen molar-refractivity contribution in [1.29, 1.82) is 0 Å². The molecule has 1 N–H and O–H groups in total. The summed E-state index contributed by atoms with van der Waals surface area (Å²) in [4.78, 5) is 28.1. The lowest BCUT2D eigenvalue weighted by Crippen LogP contribution is -2.12. The number of amides is 1. The summed E-state index contributed by atoms with van der Waals surface area (Å²) in [5.41, 5.74) is 2.22. The van der Waals surface area contributed by atoms with E-state index in [2.05, 4.69) is 10.3 Å². The smallest absolute Gasteiger partial charge is 0.357 e. The fraction of sp³-hybridized carbons (Fsp3) is 0.0952. The minimum Gasteiger partial charge on any atom is -0.497 e. The molecule has 136 valence electrons. The van der Waals surface area contributed by atoms with Crippen molar-refractivity contribution in [3.05, 3.63) is 89.7 Å². The molecule has 0 aliphatic rings. The second-order valence-corrected chi connectivity index (χ2v) is 5.67. The number of hydrogen-bond donors (Lipinski definition) is 1. The molecule has 3 aromatic rings. The second kappa shape index (κ2) is 8.62. The van der Waals surface area contributed by atoms with Gasteiger partial charge >= 0.3 is 5.97 Å². The number of nitrogens with zero attached hydrogens (tertiary/aromatic N) is 1. The highest BCUT2D eigenvalue weighted by Crippen LogP contribution is 2.16. The van der Waals surface area contributed by atoms with E-state index in [1.54, 1.807) is 73.8 Å². The number of carbonyl (C=O) groups is 2. The third-order valence-electron chi connectivity index (χ3n) is 3.81. The van der Waals surface area contributed by atoms with Crippen molar-refractivity contribution in [2.24, 2.45) is 0 Å². The Balaban J connectivity index is 1.56. The van der Waals surface area contributed by atoms with Crippen molar-refractivity contribution in [2.45, 2.75) is 6.61 Å². The van der Waals surface area contributed by atoms with Gasteiger partial charge in [-0.15, -0.1) is 0 Å². The van der Waals surface area contributed by atoms with Crippen LogP contribution in [0.25, 0.3) is 0 Å². The van der Waals surface area contributed by atoms with Crippen molar-refractivity contribution in [2.75, 3.05) is 12.4 Å². The van der Waals surface area contributed by atoms with Crippen LogP contribution in [0.1, 0.15) is 26.4 Å². The van der Waals surface area contributed by atoms with Crippen LogP contribution in [-0.2, 0) is 11.3 Å². The van der Waals surface area contributed by atoms with Crippen LogP contribution in [-0.4, -0.2) is 24.0 Å². The lowest BCUT2D eigenvalue weighted by Gasteiger charge is -2.08. The fourth-order valence-corrected chi connectivity index (χ4v) is 2.34. The Morgan fingerprint density at radius 2 is 1.70 bits per heavy atom. The van der Waals surface area contributed by atoms with Gasteiger partial charge in [0.2, 0.25) is 0 Å². The zero-order chi connectivity index (χ0) is 19.1. The van der Waals surface area contributed by atoms with E-state index >= 15 is 0 Å². The predicted molar refractivity (Wildman–Crippen MR) is 101 cm³/mol. The van der Waals surface area contributed by atoms with E-state index in [4.69, 9.17) is 9.47 Å². The van der Waals surface area contributed by atoms with Crippen molar-refractivity contribution in [3.8, 4) is 5.75 Å². The number of methoxy groups -OCH3 is 1. The lowest BCUT2D eigenvalue weighted by atomic mass is 10.1. The molecule has 0 atom stereocenters. The van der Waals surface area contributed by atoms with Crippen LogP contribution in [0.15, 0.2) is 72.9 Å². The fourth-order valence-electron chi connectivity index (χ4n) is 2.34. The molecular weight excluding hydrogens is 344 g/mol. The molecule has 6 nitrogen and oxygen atoms in total. The van der Waals surface area contributed by atoms with Gasteiger partial charge in [-0.25, -0.2) is 9.78 Å². The average Bonchev–Trinajstić information content (AvgIpc) is 2.73. The Kier molecular flexibility index (Phi) is 5.79. The van der Waals surface area contributed by atoms with Gasteiger partial charge in [-0.1, -0.05) is 18.2 Å². The number of rotatable bonds is 6. The summed E-state index contributed by atoms with van der Waals surface area (Å²) in [6.07, 6.45) is 1.53. The van der Waals surface area contributed by atoms with Crippen molar-refractivity contribution < 1.29 is 19.1 Å². The first-order chi connectivity index (χ1) is 13.2. The average molecular weight is 362 g/mol. The summed E-state index contributed by atoms with van der Waals surface area (Å²) < 4.78 is 10.3. The van der Waals surface area contributed by atoms with E-state index in [9.17, 15) is 9.59 Å². The molecule has 0 spiro atoms. The molecular formula is C21H18N2O4. The molecule has 1 aromatic heterocycles. The van der Waals surface area contributed by atoms with Crippen LogP contribution in [0.5, 0.6) is 5.75 Å². The maximum Gasteiger partial charge on any atom is 0.357 e. The minimum absolute atomic E-state index is 0.107. The summed E-state index contributed by atoms with van der Waals surface area (Å²) in [5.74, 6) is 0.00623. The van der Waals surface area contributed by atoms with Crippen molar-refractivity contribution in [3.63, 3.8) is 0 Å². The quantitative estimate of drug-likeness (QED) is 0.677. The standard InChI is InChI=1S/C21H18N2O4/c1-26-18-11-9-17(10-12-18)23-20(24)16-7-5-15(6-8-16)14-27-21(25)19-4-2-3-13-22-19/h2-13H,14H2,1H3,(H,23,24). The largest absolute Gasteiger partial charge is 0.497 e. The van der Waals surface area contributed by atoms with Crippen molar-refractivity contribution >= 4 is 17.6 Å². The van der Waals surface area contributed by atoms with E-state index in [1.165, 1.54) is 6.20 Å². The molecule has 6 heteroatoms. The Morgan fingerprint density at radius 3 is 2.33 bits per heavy atom. The van der Waals surface area contributed by atoms with Crippen LogP contribution < -0.4 is 10.1 Å². The summed E-state index contributed by atoms with van der Waals surface area (Å²) in [6.45, 7) is 0.107. The Bertz CT molecular complexity index is 907. The first kappa shape index (κ1) is 18.1. The molecule has 2 aromatic carbocycles. The maximum absolute atomic E-state index is 12.3. The molecule has 27 heavy (non-hydrogen) atoms. The van der Waals surface area contributed by atoms with E-state index in [0.717, 1.165) is 11.3 Å². The molecule has 0 aliphatic heterocycles. The second-order valence-electron chi connectivity index (χ2n) is 5.67. The zero-order valence-electron chi connectivity index (χ0n) is 14.7. The number of aromatic nitrogens is 1. The molecule has 0 radical (unpaired) electrons. The number of pyridine rings is 1. The Labute approximate surface area is 156 Å². The molecule has 1 amide bonds. The van der Waals surface area contributed by atoms with Crippen LogP contribution in [0, 0.1) is 0 Å².